The Kier molecular flexibility index (Phi) is 5.32. The van der Waals surface area contributed by atoms with Crippen LogP contribution in [-0.4, -0.2) is 39.8 Å². The summed E-state index contributed by atoms with van der Waals surface area (Å²) in [5.74, 6) is 0.964. The van der Waals surface area contributed by atoms with Crippen molar-refractivity contribution in [1.29, 1.82) is 0 Å². The number of ether oxygens (including phenoxy) is 1. The van der Waals surface area contributed by atoms with Gasteiger partial charge in [-0.2, -0.15) is 4.98 Å². The molecule has 0 bridgehead atoms. The Morgan fingerprint density at radius 3 is 2.69 bits per heavy atom. The molecule has 2 heterocycles. The van der Waals surface area contributed by atoms with Gasteiger partial charge in [-0.15, -0.1) is 0 Å². The van der Waals surface area contributed by atoms with Crippen LogP contribution < -0.4 is 0 Å². The van der Waals surface area contributed by atoms with Crippen LogP contribution >= 0.6 is 11.6 Å². The summed E-state index contributed by atoms with van der Waals surface area (Å²) in [7, 11) is 0. The lowest BCUT2D eigenvalue weighted by Gasteiger charge is -2.30. The minimum Gasteiger partial charge on any atom is -0.444 e. The van der Waals surface area contributed by atoms with Gasteiger partial charge in [0, 0.05) is 29.8 Å². The van der Waals surface area contributed by atoms with Crippen LogP contribution in [0.15, 0.2) is 34.4 Å². The van der Waals surface area contributed by atoms with Crippen molar-refractivity contribution in [1.82, 2.24) is 15.0 Å². The number of piperidine rings is 1. The molecular formula is C19H22ClN3O3. The van der Waals surface area contributed by atoms with Crippen LogP contribution in [0.25, 0.3) is 17.5 Å². The predicted octanol–water partition coefficient (Wildman–Crippen LogP) is 4.80. The third-order valence-corrected chi connectivity index (χ3v) is 4.14. The van der Waals surface area contributed by atoms with Crippen molar-refractivity contribution in [2.75, 3.05) is 13.1 Å². The zero-order valence-electron chi connectivity index (χ0n) is 15.2. The van der Waals surface area contributed by atoms with Gasteiger partial charge in [0.05, 0.1) is 0 Å². The number of carbonyl (C=O) groups is 1. The molecule has 0 aliphatic carbocycles. The maximum Gasteiger partial charge on any atom is 0.410 e. The van der Waals surface area contributed by atoms with Crippen LogP contribution in [0.1, 0.15) is 39.5 Å². The summed E-state index contributed by atoms with van der Waals surface area (Å²) >= 11 is 6.00. The summed E-state index contributed by atoms with van der Waals surface area (Å²) in [6.45, 7) is 6.85. The maximum atomic E-state index is 12.1. The Bertz CT molecular complexity index is 813. The van der Waals surface area contributed by atoms with Crippen molar-refractivity contribution in [3.05, 3.63) is 40.8 Å². The number of likely N-dealkylation sites (tertiary alicyclic amines) is 1. The first kappa shape index (κ1) is 18.5. The van der Waals surface area contributed by atoms with E-state index < -0.39 is 5.60 Å². The second kappa shape index (κ2) is 7.50. The van der Waals surface area contributed by atoms with Gasteiger partial charge in [-0.3, -0.25) is 0 Å². The standard InChI is InChI=1S/C19H22ClN3O3/c1-19(2,3)25-18(24)23-9-7-13(8-10-23)11-16-21-17(22-26-16)14-5-4-6-15(20)12-14/h4-6,11-12H,7-10H2,1-3H3. The van der Waals surface area contributed by atoms with Crippen LogP contribution in [0.5, 0.6) is 0 Å². The number of amides is 1. The Morgan fingerprint density at radius 1 is 1.31 bits per heavy atom. The van der Waals surface area contributed by atoms with Crippen LogP contribution in [0.4, 0.5) is 4.79 Å². The number of hydrogen-bond acceptors (Lipinski definition) is 5. The Labute approximate surface area is 157 Å². The number of nitrogens with zero attached hydrogens (tertiary/aromatic N) is 3. The Morgan fingerprint density at radius 2 is 2.04 bits per heavy atom. The molecule has 1 amide bonds. The molecule has 6 nitrogen and oxygen atoms in total. The third-order valence-electron chi connectivity index (χ3n) is 3.91. The van der Waals surface area contributed by atoms with Crippen molar-refractivity contribution < 1.29 is 14.1 Å². The first-order chi connectivity index (χ1) is 12.3. The Balaban J connectivity index is 1.62. The largest absolute Gasteiger partial charge is 0.444 e. The number of hydrogen-bond donors (Lipinski definition) is 0. The van der Waals surface area contributed by atoms with E-state index in [9.17, 15) is 4.79 Å². The zero-order chi connectivity index (χ0) is 18.7. The number of benzene rings is 1. The van der Waals surface area contributed by atoms with Gasteiger partial charge in [-0.1, -0.05) is 34.5 Å². The molecule has 0 spiro atoms. The van der Waals surface area contributed by atoms with Crippen LogP contribution in [0.2, 0.25) is 5.02 Å². The molecule has 0 N–H and O–H groups in total. The van der Waals surface area contributed by atoms with Gasteiger partial charge < -0.3 is 14.2 Å². The van der Waals surface area contributed by atoms with Crippen molar-refractivity contribution in [2.24, 2.45) is 0 Å². The quantitative estimate of drug-likeness (QED) is 0.753. The molecule has 1 aromatic carbocycles. The minimum absolute atomic E-state index is 0.266. The normalized spacial score (nSPS) is 15.1. The topological polar surface area (TPSA) is 68.5 Å². The molecule has 1 aromatic heterocycles. The highest BCUT2D eigenvalue weighted by atomic mass is 35.5. The van der Waals surface area contributed by atoms with E-state index in [0.717, 1.165) is 18.4 Å². The second-order valence-corrected chi connectivity index (χ2v) is 7.67. The fourth-order valence-corrected chi connectivity index (χ4v) is 2.85. The van der Waals surface area contributed by atoms with Gasteiger partial charge >= 0.3 is 6.09 Å². The molecular weight excluding hydrogens is 354 g/mol. The molecule has 1 aliphatic heterocycles. The lowest BCUT2D eigenvalue weighted by Crippen LogP contribution is -2.40. The fourth-order valence-electron chi connectivity index (χ4n) is 2.66. The molecule has 7 heteroatoms. The summed E-state index contributed by atoms with van der Waals surface area (Å²) in [5.41, 5.74) is 1.50. The summed E-state index contributed by atoms with van der Waals surface area (Å²) in [4.78, 5) is 18.2. The van der Waals surface area contributed by atoms with Gasteiger partial charge in [0.25, 0.3) is 5.89 Å². The molecule has 1 fully saturated rings. The average Bonchev–Trinajstić information content (AvgIpc) is 3.02. The van der Waals surface area contributed by atoms with E-state index in [1.165, 1.54) is 5.57 Å². The molecule has 0 saturated carbocycles. The molecule has 26 heavy (non-hydrogen) atoms. The molecule has 1 aliphatic rings. The summed E-state index contributed by atoms with van der Waals surface area (Å²) in [6.07, 6.45) is 3.15. The van der Waals surface area contributed by atoms with E-state index in [1.807, 2.05) is 39.0 Å². The fraction of sp³-hybridized carbons (Fsp3) is 0.421. The molecule has 138 valence electrons. The first-order valence-corrected chi connectivity index (χ1v) is 8.95. The van der Waals surface area contributed by atoms with E-state index in [0.29, 0.717) is 29.8 Å². The van der Waals surface area contributed by atoms with Gasteiger partial charge in [0.2, 0.25) is 5.82 Å². The average molecular weight is 376 g/mol. The summed E-state index contributed by atoms with van der Waals surface area (Å²) in [6, 6.07) is 7.32. The second-order valence-electron chi connectivity index (χ2n) is 7.24. The monoisotopic (exact) mass is 375 g/mol. The van der Waals surface area contributed by atoms with Crippen LogP contribution in [-0.2, 0) is 4.74 Å². The van der Waals surface area contributed by atoms with E-state index in [1.54, 1.807) is 17.0 Å². The van der Waals surface area contributed by atoms with Crippen molar-refractivity contribution in [3.63, 3.8) is 0 Å². The van der Waals surface area contributed by atoms with E-state index >= 15 is 0 Å². The third kappa shape index (κ3) is 4.85. The van der Waals surface area contributed by atoms with E-state index in [4.69, 9.17) is 20.9 Å². The minimum atomic E-state index is -0.478. The SMILES string of the molecule is CC(C)(C)OC(=O)N1CCC(=Cc2nc(-c3cccc(Cl)c3)no2)CC1. The number of carbonyl (C=O) groups excluding carboxylic acids is 1. The highest BCUT2D eigenvalue weighted by Gasteiger charge is 2.24. The van der Waals surface area contributed by atoms with Crippen LogP contribution in [0, 0.1) is 0 Å². The van der Waals surface area contributed by atoms with Crippen LogP contribution in [0.3, 0.4) is 0 Å². The van der Waals surface area contributed by atoms with Gasteiger partial charge in [0.1, 0.15) is 5.60 Å². The molecule has 3 rings (SSSR count). The maximum absolute atomic E-state index is 12.1. The lowest BCUT2D eigenvalue weighted by molar-refractivity contribution is 0.0237. The van der Waals surface area contributed by atoms with Crippen molar-refractivity contribution in [3.8, 4) is 11.4 Å². The van der Waals surface area contributed by atoms with Gasteiger partial charge in [-0.05, 0) is 45.7 Å². The molecule has 0 atom stereocenters. The van der Waals surface area contributed by atoms with Gasteiger partial charge in [0.15, 0.2) is 0 Å². The van der Waals surface area contributed by atoms with Crippen molar-refractivity contribution >= 4 is 23.8 Å². The Hall–Kier alpha value is -2.34. The lowest BCUT2D eigenvalue weighted by atomic mass is 10.0. The van der Waals surface area contributed by atoms with Gasteiger partial charge in [-0.25, -0.2) is 4.79 Å². The smallest absolute Gasteiger partial charge is 0.410 e. The molecule has 0 unspecified atom stereocenters. The molecule has 1 saturated heterocycles. The molecule has 0 radical (unpaired) electrons. The highest BCUT2D eigenvalue weighted by molar-refractivity contribution is 6.30. The van der Waals surface area contributed by atoms with E-state index in [-0.39, 0.29) is 6.09 Å². The number of halogens is 1. The highest BCUT2D eigenvalue weighted by Crippen LogP contribution is 2.23. The predicted molar refractivity (Wildman–Crippen MR) is 99.8 cm³/mol. The molecule has 2 aromatic rings. The van der Waals surface area contributed by atoms with E-state index in [2.05, 4.69) is 10.1 Å². The zero-order valence-corrected chi connectivity index (χ0v) is 15.9. The number of aromatic nitrogens is 2. The first-order valence-electron chi connectivity index (χ1n) is 8.57. The summed E-state index contributed by atoms with van der Waals surface area (Å²) < 4.78 is 10.7. The summed E-state index contributed by atoms with van der Waals surface area (Å²) in [5, 5.41) is 4.63. The number of rotatable bonds is 2. The van der Waals surface area contributed by atoms with Crippen molar-refractivity contribution in [2.45, 2.75) is 39.2 Å².